The topological polar surface area (TPSA) is 38.9 Å². The number of anilines is 1. The SMILES string of the molecule is Nc1nc(C(F)(F)F)[c]s1. The van der Waals surface area contributed by atoms with E-state index < -0.39 is 11.9 Å². The minimum atomic E-state index is -4.42. The van der Waals surface area contributed by atoms with Gasteiger partial charge < -0.3 is 5.73 Å². The average molecular weight is 167 g/mol. The maximum atomic E-state index is 11.7. The van der Waals surface area contributed by atoms with Gasteiger partial charge in [0.25, 0.3) is 0 Å². The van der Waals surface area contributed by atoms with Crippen molar-refractivity contribution in [3.05, 3.63) is 11.1 Å². The maximum absolute atomic E-state index is 11.7. The van der Waals surface area contributed by atoms with E-state index in [1.165, 1.54) is 0 Å². The molecule has 0 spiro atoms. The van der Waals surface area contributed by atoms with Crippen molar-refractivity contribution in [2.75, 3.05) is 5.73 Å². The number of nitrogen functional groups attached to an aromatic ring is 1. The van der Waals surface area contributed by atoms with Gasteiger partial charge in [0, 0.05) is 0 Å². The number of nitrogens with zero attached hydrogens (tertiary/aromatic N) is 1. The number of hydrogen-bond donors (Lipinski definition) is 1. The summed E-state index contributed by atoms with van der Waals surface area (Å²) >= 11 is 0.653. The van der Waals surface area contributed by atoms with E-state index >= 15 is 0 Å². The van der Waals surface area contributed by atoms with Crippen LogP contribution >= 0.6 is 11.3 Å². The normalized spacial score (nSPS) is 11.9. The first-order chi connectivity index (χ1) is 4.50. The summed E-state index contributed by atoms with van der Waals surface area (Å²) in [7, 11) is 0. The minimum Gasteiger partial charge on any atom is -0.375 e. The lowest BCUT2D eigenvalue weighted by atomic mass is 10.5. The Hall–Kier alpha value is -0.780. The molecule has 0 bridgehead atoms. The number of alkyl halides is 3. The fraction of sp³-hybridized carbons (Fsp3) is 0.250. The molecular weight excluding hydrogens is 165 g/mol. The summed E-state index contributed by atoms with van der Waals surface area (Å²) in [6.07, 6.45) is -4.42. The third-order valence-electron chi connectivity index (χ3n) is 0.743. The van der Waals surface area contributed by atoms with Gasteiger partial charge in [-0.1, -0.05) is 11.3 Å². The largest absolute Gasteiger partial charge is 0.434 e. The summed E-state index contributed by atoms with van der Waals surface area (Å²) in [6.45, 7) is 0. The van der Waals surface area contributed by atoms with E-state index in [1.807, 2.05) is 5.38 Å². The summed E-state index contributed by atoms with van der Waals surface area (Å²) in [5, 5.41) is 1.81. The number of thiazole rings is 1. The van der Waals surface area contributed by atoms with E-state index in [4.69, 9.17) is 5.73 Å². The molecule has 10 heavy (non-hydrogen) atoms. The average Bonchev–Trinajstić information content (AvgIpc) is 2.11. The summed E-state index contributed by atoms with van der Waals surface area (Å²) in [4.78, 5) is 3.00. The van der Waals surface area contributed by atoms with Crippen molar-refractivity contribution in [1.82, 2.24) is 4.98 Å². The monoisotopic (exact) mass is 167 g/mol. The minimum absolute atomic E-state index is 0.118. The van der Waals surface area contributed by atoms with Gasteiger partial charge in [0.15, 0.2) is 10.8 Å². The van der Waals surface area contributed by atoms with Gasteiger partial charge in [0.05, 0.1) is 5.38 Å². The van der Waals surface area contributed by atoms with E-state index in [0.717, 1.165) is 0 Å². The van der Waals surface area contributed by atoms with Gasteiger partial charge in [-0.25, -0.2) is 4.98 Å². The summed E-state index contributed by atoms with van der Waals surface area (Å²) < 4.78 is 35.0. The number of halogens is 3. The lowest BCUT2D eigenvalue weighted by Gasteiger charge is -1.98. The Morgan fingerprint density at radius 3 is 2.30 bits per heavy atom. The third kappa shape index (κ3) is 1.38. The van der Waals surface area contributed by atoms with Gasteiger partial charge in [-0.15, -0.1) is 0 Å². The molecule has 0 aliphatic rings. The van der Waals surface area contributed by atoms with Crippen LogP contribution in [0.1, 0.15) is 5.69 Å². The molecule has 55 valence electrons. The second-order valence-electron chi connectivity index (χ2n) is 1.50. The zero-order valence-electron chi connectivity index (χ0n) is 4.57. The molecule has 1 rings (SSSR count). The Morgan fingerprint density at radius 2 is 2.10 bits per heavy atom. The molecule has 0 saturated carbocycles. The lowest BCUT2D eigenvalue weighted by Crippen LogP contribution is -2.05. The van der Waals surface area contributed by atoms with Crippen LogP contribution in [0.2, 0.25) is 0 Å². The predicted molar refractivity (Wildman–Crippen MR) is 30.4 cm³/mol. The fourth-order valence-corrected chi connectivity index (χ4v) is 0.877. The van der Waals surface area contributed by atoms with Crippen molar-refractivity contribution in [3.8, 4) is 0 Å². The van der Waals surface area contributed by atoms with Crippen LogP contribution in [0, 0.1) is 5.38 Å². The van der Waals surface area contributed by atoms with Gasteiger partial charge in [-0.2, -0.15) is 13.2 Å². The van der Waals surface area contributed by atoms with Gasteiger partial charge in [-0.3, -0.25) is 0 Å². The second kappa shape index (κ2) is 2.12. The van der Waals surface area contributed by atoms with Crippen molar-refractivity contribution in [2.45, 2.75) is 6.18 Å². The number of hydrogen-bond acceptors (Lipinski definition) is 3. The van der Waals surface area contributed by atoms with E-state index in [0.29, 0.717) is 11.3 Å². The molecule has 1 radical (unpaired) electrons. The molecule has 0 aliphatic carbocycles. The van der Waals surface area contributed by atoms with Crippen molar-refractivity contribution in [1.29, 1.82) is 0 Å². The van der Waals surface area contributed by atoms with E-state index in [-0.39, 0.29) is 5.13 Å². The Bertz CT molecular complexity index is 229. The number of nitrogens with two attached hydrogens (primary N) is 1. The van der Waals surface area contributed by atoms with Crippen LogP contribution < -0.4 is 5.73 Å². The van der Waals surface area contributed by atoms with Gasteiger partial charge >= 0.3 is 6.18 Å². The third-order valence-corrected chi connectivity index (χ3v) is 1.34. The zero-order valence-corrected chi connectivity index (χ0v) is 5.38. The smallest absolute Gasteiger partial charge is 0.375 e. The van der Waals surface area contributed by atoms with Crippen molar-refractivity contribution in [3.63, 3.8) is 0 Å². The van der Waals surface area contributed by atoms with Crippen LogP contribution in [0.15, 0.2) is 0 Å². The van der Waals surface area contributed by atoms with Crippen LogP contribution in [-0.4, -0.2) is 4.98 Å². The highest BCUT2D eigenvalue weighted by Crippen LogP contribution is 2.29. The van der Waals surface area contributed by atoms with Gasteiger partial charge in [-0.05, 0) is 0 Å². The number of aromatic nitrogens is 1. The standard InChI is InChI=1S/C4H2F3N2S/c5-4(6,7)2-1-10-3(8)9-2/h(H2,8,9). The Balaban J connectivity index is 2.96. The molecule has 2 nitrogen and oxygen atoms in total. The van der Waals surface area contributed by atoms with Crippen molar-refractivity contribution < 1.29 is 13.2 Å². The molecule has 0 unspecified atom stereocenters. The van der Waals surface area contributed by atoms with Crippen LogP contribution in [0.3, 0.4) is 0 Å². The van der Waals surface area contributed by atoms with E-state index in [1.54, 1.807) is 0 Å². The highest BCUT2D eigenvalue weighted by Gasteiger charge is 2.33. The molecule has 0 fully saturated rings. The Morgan fingerprint density at radius 1 is 1.50 bits per heavy atom. The molecule has 0 amide bonds. The van der Waals surface area contributed by atoms with Crippen molar-refractivity contribution >= 4 is 16.5 Å². The molecule has 1 heterocycles. The predicted octanol–water partition coefficient (Wildman–Crippen LogP) is 1.54. The van der Waals surface area contributed by atoms with E-state index in [2.05, 4.69) is 4.98 Å². The highest BCUT2D eigenvalue weighted by molar-refractivity contribution is 7.13. The highest BCUT2D eigenvalue weighted by atomic mass is 32.1. The summed E-state index contributed by atoms with van der Waals surface area (Å²) in [5.41, 5.74) is 3.91. The molecule has 0 atom stereocenters. The molecule has 2 N–H and O–H groups in total. The molecule has 0 saturated heterocycles. The lowest BCUT2D eigenvalue weighted by molar-refractivity contribution is -0.140. The molecule has 6 heteroatoms. The molecular formula is C4H2F3N2S. The Labute approximate surface area is 58.5 Å². The van der Waals surface area contributed by atoms with Crippen LogP contribution in [0.25, 0.3) is 0 Å². The first-order valence-corrected chi connectivity index (χ1v) is 3.03. The van der Waals surface area contributed by atoms with Gasteiger partial charge in [0.2, 0.25) is 0 Å². The van der Waals surface area contributed by atoms with Crippen LogP contribution in [0.4, 0.5) is 18.3 Å². The van der Waals surface area contributed by atoms with E-state index in [9.17, 15) is 13.2 Å². The molecule has 1 aromatic heterocycles. The summed E-state index contributed by atoms with van der Waals surface area (Å²) in [5.74, 6) is 0. The van der Waals surface area contributed by atoms with Crippen LogP contribution in [0.5, 0.6) is 0 Å². The molecule has 0 aromatic carbocycles. The molecule has 0 aliphatic heterocycles. The first-order valence-electron chi connectivity index (χ1n) is 2.21. The number of rotatable bonds is 0. The van der Waals surface area contributed by atoms with Crippen LogP contribution in [-0.2, 0) is 6.18 Å². The zero-order chi connectivity index (χ0) is 7.78. The first kappa shape index (κ1) is 7.33. The van der Waals surface area contributed by atoms with Crippen molar-refractivity contribution in [2.24, 2.45) is 0 Å². The molecule has 1 aromatic rings. The summed E-state index contributed by atoms with van der Waals surface area (Å²) in [6, 6.07) is 0. The quantitative estimate of drug-likeness (QED) is 0.636. The van der Waals surface area contributed by atoms with Gasteiger partial charge in [0.1, 0.15) is 0 Å². The Kier molecular flexibility index (Phi) is 1.55. The maximum Gasteiger partial charge on any atom is 0.434 e. The second-order valence-corrected chi connectivity index (χ2v) is 2.33. The fourth-order valence-electron chi connectivity index (χ4n) is 0.378.